The van der Waals surface area contributed by atoms with Crippen molar-refractivity contribution in [1.82, 2.24) is 4.48 Å². The van der Waals surface area contributed by atoms with Gasteiger partial charge in [-0.25, -0.2) is 0 Å². The Hall–Kier alpha value is -6.88. The van der Waals surface area contributed by atoms with Gasteiger partial charge in [0.05, 0.1) is 11.4 Å². The van der Waals surface area contributed by atoms with Gasteiger partial charge in [0.1, 0.15) is 0 Å². The van der Waals surface area contributed by atoms with E-state index in [1.807, 2.05) is 11.3 Å². The largest absolute Gasteiger partial charge is 0.375 e. The van der Waals surface area contributed by atoms with Crippen LogP contribution in [-0.4, -0.2) is 11.3 Å². The van der Waals surface area contributed by atoms with Crippen molar-refractivity contribution in [2.45, 2.75) is 127 Å². The molecule has 78 heavy (non-hydrogen) atoms. The van der Waals surface area contributed by atoms with Crippen molar-refractivity contribution in [3.8, 4) is 33.4 Å². The summed E-state index contributed by atoms with van der Waals surface area (Å²) in [4.78, 5) is 2.78. The lowest BCUT2D eigenvalue weighted by Gasteiger charge is -2.46. The summed E-state index contributed by atoms with van der Waals surface area (Å²) in [5.41, 5.74) is 22.4. The topological polar surface area (TPSA) is 8.17 Å². The van der Waals surface area contributed by atoms with Gasteiger partial charge in [-0.15, -0.1) is 11.3 Å². The molecule has 0 radical (unpaired) electrons. The van der Waals surface area contributed by atoms with E-state index in [9.17, 15) is 0 Å². The van der Waals surface area contributed by atoms with Crippen molar-refractivity contribution in [3.63, 3.8) is 0 Å². The van der Waals surface area contributed by atoms with Crippen molar-refractivity contribution < 1.29 is 0 Å². The summed E-state index contributed by atoms with van der Waals surface area (Å²) in [5, 5.41) is 8.25. The third-order valence-corrected chi connectivity index (χ3v) is 22.2. The third-order valence-electron chi connectivity index (χ3n) is 21.1. The van der Waals surface area contributed by atoms with E-state index < -0.39 is 0 Å². The number of nitrogens with zero attached hydrogens (tertiary/aromatic N) is 2. The van der Waals surface area contributed by atoms with Gasteiger partial charge in [-0.05, 0) is 194 Å². The van der Waals surface area contributed by atoms with Gasteiger partial charge in [0.15, 0.2) is 0 Å². The number of aromatic nitrogens is 1. The molecule has 4 bridgehead atoms. The Labute approximate surface area is 464 Å². The van der Waals surface area contributed by atoms with Crippen molar-refractivity contribution >= 4 is 98.9 Å². The van der Waals surface area contributed by atoms with Gasteiger partial charge >= 0.3 is 6.85 Å². The van der Waals surface area contributed by atoms with E-state index in [1.165, 1.54) is 210 Å². The molecule has 2 aromatic heterocycles. The Morgan fingerprint density at radius 3 is 1.86 bits per heavy atom. The molecule has 0 saturated heterocycles. The van der Waals surface area contributed by atoms with E-state index in [2.05, 4.69) is 200 Å². The Bertz CT molecular complexity index is 4280. The first-order chi connectivity index (χ1) is 38.2. The van der Waals surface area contributed by atoms with Crippen LogP contribution in [0.5, 0.6) is 0 Å². The summed E-state index contributed by atoms with van der Waals surface area (Å²) in [5.74, 6) is 1.71. The molecule has 11 aromatic rings. The van der Waals surface area contributed by atoms with Crippen LogP contribution in [0.25, 0.3) is 86.1 Å². The molecule has 4 aliphatic carbocycles. The first kappa shape index (κ1) is 46.1. The fourth-order valence-electron chi connectivity index (χ4n) is 17.5. The molecule has 4 heterocycles. The van der Waals surface area contributed by atoms with Crippen LogP contribution in [0, 0.1) is 11.8 Å². The zero-order chi connectivity index (χ0) is 51.6. The van der Waals surface area contributed by atoms with E-state index in [0.717, 1.165) is 11.8 Å². The maximum absolute atomic E-state index is 2.89. The summed E-state index contributed by atoms with van der Waals surface area (Å²) < 4.78 is 5.57. The predicted octanol–water partition coefficient (Wildman–Crippen LogP) is 19.6. The van der Waals surface area contributed by atoms with Crippen LogP contribution in [0.1, 0.15) is 127 Å². The lowest BCUT2D eigenvalue weighted by Crippen LogP contribution is -2.56. The van der Waals surface area contributed by atoms with Crippen LogP contribution >= 0.6 is 11.3 Å². The van der Waals surface area contributed by atoms with Crippen LogP contribution in [0.15, 0.2) is 170 Å². The molecule has 0 atom stereocenters. The number of fused-ring (bicyclic) bond motifs is 16. The first-order valence-corrected chi connectivity index (χ1v) is 30.7. The van der Waals surface area contributed by atoms with Crippen LogP contribution in [0.2, 0.25) is 0 Å². The number of hydrogen-bond donors (Lipinski definition) is 0. The normalized spacial score (nSPS) is 22.4. The van der Waals surface area contributed by atoms with Gasteiger partial charge in [0.2, 0.25) is 0 Å². The van der Waals surface area contributed by atoms with Gasteiger partial charge < -0.3 is 9.38 Å². The van der Waals surface area contributed by atoms with Crippen LogP contribution < -0.4 is 15.8 Å². The molecule has 382 valence electrons. The maximum atomic E-state index is 2.89. The van der Waals surface area contributed by atoms with Crippen LogP contribution in [0.4, 0.5) is 17.1 Å². The number of benzene rings is 9. The zero-order valence-electron chi connectivity index (χ0n) is 45.6. The SMILES string of the molecule is CC(C)(C)c1ccc(N2c3cc(-c4ccccc4)cc4c3B(c3ccc5sc6cc7ccccc7cc6c5c32)n2c3ccc(C56CCCC(CCC5)C6)cc3c3cc(C56CCCC(CCC5)C6)cc-4c32)c(-c2ccccc2)c1. The van der Waals surface area contributed by atoms with E-state index in [0.29, 0.717) is 0 Å². The van der Waals surface area contributed by atoms with Crippen molar-refractivity contribution in [2.75, 3.05) is 4.90 Å². The highest BCUT2D eigenvalue weighted by molar-refractivity contribution is 7.26. The molecule has 4 heteroatoms. The predicted molar refractivity (Wildman–Crippen MR) is 335 cm³/mol. The molecule has 0 amide bonds. The van der Waals surface area contributed by atoms with E-state index in [1.54, 1.807) is 11.1 Å². The van der Waals surface area contributed by atoms with Gasteiger partial charge in [-0.3, -0.25) is 0 Å². The van der Waals surface area contributed by atoms with E-state index in [-0.39, 0.29) is 23.1 Å². The number of anilines is 3. The van der Waals surface area contributed by atoms with Crippen molar-refractivity contribution in [1.29, 1.82) is 0 Å². The molecule has 0 unspecified atom stereocenters. The average molecular weight is 1030 g/mol. The lowest BCUT2D eigenvalue weighted by atomic mass is 9.44. The fourth-order valence-corrected chi connectivity index (χ4v) is 18.6. The number of rotatable bonds is 5. The Morgan fingerprint density at radius 2 is 1.15 bits per heavy atom. The molecule has 9 aromatic carbocycles. The molecule has 4 saturated carbocycles. The molecule has 17 rings (SSSR count). The molecule has 2 aliphatic heterocycles. The summed E-state index contributed by atoms with van der Waals surface area (Å²) in [6, 6.07) is 67.8. The number of hydrogen-bond acceptors (Lipinski definition) is 2. The Kier molecular flexibility index (Phi) is 9.94. The monoisotopic (exact) mass is 1030 g/mol. The maximum Gasteiger partial charge on any atom is 0.333 e. The van der Waals surface area contributed by atoms with Crippen LogP contribution in [-0.2, 0) is 16.2 Å². The zero-order valence-corrected chi connectivity index (χ0v) is 46.4. The minimum Gasteiger partial charge on any atom is -0.375 e. The summed E-state index contributed by atoms with van der Waals surface area (Å²) in [7, 11) is 0. The van der Waals surface area contributed by atoms with Crippen LogP contribution in [0.3, 0.4) is 0 Å². The highest BCUT2D eigenvalue weighted by atomic mass is 32.1. The summed E-state index contributed by atoms with van der Waals surface area (Å²) in [6.45, 7) is 7.03. The minimum atomic E-state index is -0.0529. The minimum absolute atomic E-state index is 0.0368. The highest BCUT2D eigenvalue weighted by Crippen LogP contribution is 2.57. The van der Waals surface area contributed by atoms with E-state index >= 15 is 0 Å². The molecule has 6 aliphatic rings. The van der Waals surface area contributed by atoms with Gasteiger partial charge in [-0.1, -0.05) is 175 Å². The third kappa shape index (κ3) is 6.68. The molecular weight excluding hydrogens is 960 g/mol. The second-order valence-corrected chi connectivity index (χ2v) is 27.5. The number of thiophene rings is 1. The molecular formula is C74H67BN2S. The first-order valence-electron chi connectivity index (χ1n) is 29.9. The smallest absolute Gasteiger partial charge is 0.333 e. The van der Waals surface area contributed by atoms with Crippen molar-refractivity contribution in [3.05, 3.63) is 187 Å². The van der Waals surface area contributed by atoms with E-state index in [4.69, 9.17) is 0 Å². The fraction of sp³-hybridized carbons (Fsp3) is 0.297. The molecule has 0 spiro atoms. The lowest BCUT2D eigenvalue weighted by molar-refractivity contribution is 0.149. The molecule has 0 N–H and O–H groups in total. The quantitative estimate of drug-likeness (QED) is 0.156. The van der Waals surface area contributed by atoms with Gasteiger partial charge in [0, 0.05) is 58.8 Å². The van der Waals surface area contributed by atoms with Gasteiger partial charge in [0.25, 0.3) is 0 Å². The standard InChI is InChI=1S/C74H67BN2S/c1-72(2,3)53-26-29-63(56(40-53)49-22-8-5-9-23-49)76-65-38-52(48-20-6-4-7-21-48)37-58-60-43-55(74-34-14-18-47(45-74)19-15-35-74)42-59-57-41-54(73-32-12-16-46(44-73)17-13-33-73)27-30-64(57)77(70(59)60)75(69(58)65)62-28-31-66-68(71(62)76)61-36-50-24-10-11-25-51(50)39-67(61)78-66/h4-11,20-31,36-43,46-47H,12-19,32-35,44-45H2,1-3H3. The van der Waals surface area contributed by atoms with Crippen molar-refractivity contribution in [2.24, 2.45) is 11.8 Å². The molecule has 2 nitrogen and oxygen atoms in total. The molecule has 4 fully saturated rings. The Balaban J connectivity index is 1.04. The second-order valence-electron chi connectivity index (χ2n) is 26.4. The Morgan fingerprint density at radius 1 is 0.500 bits per heavy atom. The average Bonchev–Trinajstić information content (AvgIpc) is 3.86. The second kappa shape index (κ2) is 16.8. The highest BCUT2D eigenvalue weighted by Gasteiger charge is 2.48. The van der Waals surface area contributed by atoms with Gasteiger partial charge in [-0.2, -0.15) is 0 Å². The summed E-state index contributed by atoms with van der Waals surface area (Å²) >= 11 is 1.96. The summed E-state index contributed by atoms with van der Waals surface area (Å²) in [6.07, 6.45) is 19.0.